The van der Waals surface area contributed by atoms with E-state index >= 15 is 0 Å². The van der Waals surface area contributed by atoms with Crippen molar-refractivity contribution >= 4 is 17.2 Å². The highest BCUT2D eigenvalue weighted by Crippen LogP contribution is 2.39. The lowest BCUT2D eigenvalue weighted by Gasteiger charge is -2.10. The van der Waals surface area contributed by atoms with Gasteiger partial charge in [0.15, 0.2) is 0 Å². The number of nitrogens with one attached hydrogen (secondary N) is 2. The Morgan fingerprint density at radius 3 is 2.80 bits per heavy atom. The third kappa shape index (κ3) is 3.42. The second-order valence-electron chi connectivity index (χ2n) is 6.05. The molecule has 25 heavy (non-hydrogen) atoms. The first-order valence-electron chi connectivity index (χ1n) is 8.19. The maximum atomic E-state index is 12.9. The largest absolute Gasteiger partial charge is 0.380 e. The summed E-state index contributed by atoms with van der Waals surface area (Å²) in [5, 5.41) is 18.6. The number of nitrogens with zero attached hydrogens (tertiary/aromatic N) is 4. The van der Waals surface area contributed by atoms with Gasteiger partial charge in [0.25, 0.3) is 5.91 Å². The number of hydrogen-bond acceptors (Lipinski definition) is 5. The Bertz CT molecular complexity index is 903. The lowest BCUT2D eigenvalue weighted by Crippen LogP contribution is -2.28. The molecular weight excluding hydrogens is 323 g/mol. The standard InChI is InChI=1S/C17H17FN6O/c18-13-5-3-12(4-6-13)17(25)20-8-7-19-15-9-14(11-1-2-11)23-24-10-21-22-16(15)24/h3-6,9-11,19H,1-2,7-8H2,(H,20,25). The van der Waals surface area contributed by atoms with E-state index in [9.17, 15) is 9.18 Å². The highest BCUT2D eigenvalue weighted by atomic mass is 19.1. The fraction of sp³-hybridized carbons (Fsp3) is 0.294. The molecule has 0 bridgehead atoms. The number of carbonyl (C=O) groups is 1. The second kappa shape index (κ2) is 6.46. The van der Waals surface area contributed by atoms with E-state index in [0.29, 0.717) is 30.2 Å². The van der Waals surface area contributed by atoms with Gasteiger partial charge in [0, 0.05) is 24.6 Å². The first-order valence-corrected chi connectivity index (χ1v) is 8.19. The Hall–Kier alpha value is -3.03. The molecule has 0 radical (unpaired) electrons. The maximum Gasteiger partial charge on any atom is 0.251 e. The Balaban J connectivity index is 1.37. The van der Waals surface area contributed by atoms with Crippen molar-refractivity contribution in [1.29, 1.82) is 0 Å². The molecule has 2 N–H and O–H groups in total. The van der Waals surface area contributed by atoms with E-state index in [0.717, 1.165) is 24.2 Å². The van der Waals surface area contributed by atoms with Crippen LogP contribution in [0.25, 0.3) is 5.65 Å². The van der Waals surface area contributed by atoms with Crippen molar-refractivity contribution in [2.75, 3.05) is 18.4 Å². The fourth-order valence-corrected chi connectivity index (χ4v) is 2.63. The van der Waals surface area contributed by atoms with Crippen LogP contribution in [0.5, 0.6) is 0 Å². The van der Waals surface area contributed by atoms with Crippen molar-refractivity contribution in [3.05, 3.63) is 53.7 Å². The summed E-state index contributed by atoms with van der Waals surface area (Å²) >= 11 is 0. The molecule has 2 aromatic heterocycles. The van der Waals surface area contributed by atoms with Gasteiger partial charge >= 0.3 is 0 Å². The monoisotopic (exact) mass is 340 g/mol. The van der Waals surface area contributed by atoms with Gasteiger partial charge in [-0.05, 0) is 43.2 Å². The third-order valence-electron chi connectivity index (χ3n) is 4.11. The smallest absolute Gasteiger partial charge is 0.251 e. The molecule has 2 heterocycles. The Labute approximate surface area is 143 Å². The Kier molecular flexibility index (Phi) is 4.01. The van der Waals surface area contributed by atoms with Gasteiger partial charge in [-0.2, -0.15) is 9.61 Å². The quantitative estimate of drug-likeness (QED) is 0.671. The molecule has 1 saturated carbocycles. The number of amides is 1. The Morgan fingerprint density at radius 1 is 1.24 bits per heavy atom. The molecule has 0 aliphatic heterocycles. The lowest BCUT2D eigenvalue weighted by molar-refractivity contribution is 0.0955. The molecule has 4 rings (SSSR count). The molecule has 8 heteroatoms. The van der Waals surface area contributed by atoms with Crippen LogP contribution in [-0.4, -0.2) is 38.8 Å². The number of carbonyl (C=O) groups excluding carboxylic acids is 1. The first-order chi connectivity index (χ1) is 12.2. The van der Waals surface area contributed by atoms with Crippen molar-refractivity contribution in [2.24, 2.45) is 0 Å². The van der Waals surface area contributed by atoms with Crippen LogP contribution in [0.15, 0.2) is 36.7 Å². The number of benzene rings is 1. The topological polar surface area (TPSA) is 84.2 Å². The summed E-state index contributed by atoms with van der Waals surface area (Å²) in [5.74, 6) is -0.0759. The minimum atomic E-state index is -0.361. The SMILES string of the molecule is O=C(NCCNc1cc(C2CC2)nn2cnnc12)c1ccc(F)cc1. The van der Waals surface area contributed by atoms with Crippen LogP contribution < -0.4 is 10.6 Å². The van der Waals surface area contributed by atoms with Crippen LogP contribution in [0, 0.1) is 5.82 Å². The highest BCUT2D eigenvalue weighted by molar-refractivity contribution is 5.94. The van der Waals surface area contributed by atoms with Crippen molar-refractivity contribution in [3.8, 4) is 0 Å². The summed E-state index contributed by atoms with van der Waals surface area (Å²) in [5.41, 5.74) is 2.98. The molecule has 128 valence electrons. The zero-order chi connectivity index (χ0) is 17.2. The second-order valence-corrected chi connectivity index (χ2v) is 6.05. The van der Waals surface area contributed by atoms with Gasteiger partial charge in [-0.3, -0.25) is 4.79 Å². The van der Waals surface area contributed by atoms with E-state index in [1.165, 1.54) is 24.3 Å². The molecule has 1 aliphatic rings. The average Bonchev–Trinajstić information content (AvgIpc) is 3.36. The summed E-state index contributed by atoms with van der Waals surface area (Å²) in [6.45, 7) is 0.959. The average molecular weight is 340 g/mol. The van der Waals surface area contributed by atoms with E-state index in [4.69, 9.17) is 0 Å². The summed E-state index contributed by atoms with van der Waals surface area (Å²) in [4.78, 5) is 12.0. The predicted molar refractivity (Wildman–Crippen MR) is 90.0 cm³/mol. The molecule has 0 saturated heterocycles. The number of aromatic nitrogens is 4. The molecule has 3 aromatic rings. The van der Waals surface area contributed by atoms with Crippen molar-refractivity contribution in [3.63, 3.8) is 0 Å². The van der Waals surface area contributed by atoms with Crippen LogP contribution in [-0.2, 0) is 0 Å². The van der Waals surface area contributed by atoms with Gasteiger partial charge < -0.3 is 10.6 Å². The third-order valence-corrected chi connectivity index (χ3v) is 4.11. The van der Waals surface area contributed by atoms with Gasteiger partial charge in [0.05, 0.1) is 11.4 Å². The predicted octanol–water partition coefficient (Wildman–Crippen LogP) is 1.98. The minimum Gasteiger partial charge on any atom is -0.380 e. The maximum absolute atomic E-state index is 12.9. The van der Waals surface area contributed by atoms with E-state index in [1.54, 1.807) is 10.8 Å². The number of anilines is 1. The van der Waals surface area contributed by atoms with Crippen LogP contribution in [0.3, 0.4) is 0 Å². The molecule has 1 aliphatic carbocycles. The van der Waals surface area contributed by atoms with Gasteiger partial charge in [-0.1, -0.05) is 0 Å². The first kappa shape index (κ1) is 15.5. The van der Waals surface area contributed by atoms with E-state index in [2.05, 4.69) is 25.9 Å². The van der Waals surface area contributed by atoms with Crippen LogP contribution in [0.4, 0.5) is 10.1 Å². The van der Waals surface area contributed by atoms with Crippen LogP contribution >= 0.6 is 0 Å². The molecule has 7 nitrogen and oxygen atoms in total. The summed E-state index contributed by atoms with van der Waals surface area (Å²) in [6, 6.07) is 7.46. The zero-order valence-corrected chi connectivity index (χ0v) is 13.4. The summed E-state index contributed by atoms with van der Waals surface area (Å²) in [7, 11) is 0. The fourth-order valence-electron chi connectivity index (χ4n) is 2.63. The molecule has 1 fully saturated rings. The number of fused-ring (bicyclic) bond motifs is 1. The van der Waals surface area contributed by atoms with E-state index in [-0.39, 0.29) is 11.7 Å². The molecule has 0 spiro atoms. The van der Waals surface area contributed by atoms with Gasteiger partial charge in [0.1, 0.15) is 12.1 Å². The summed E-state index contributed by atoms with van der Waals surface area (Å²) in [6.07, 6.45) is 3.91. The Morgan fingerprint density at radius 2 is 2.04 bits per heavy atom. The van der Waals surface area contributed by atoms with Crippen molar-refractivity contribution < 1.29 is 9.18 Å². The normalized spacial score (nSPS) is 13.8. The molecular formula is C17H17FN6O. The molecule has 0 unspecified atom stereocenters. The van der Waals surface area contributed by atoms with Crippen molar-refractivity contribution in [2.45, 2.75) is 18.8 Å². The highest BCUT2D eigenvalue weighted by Gasteiger charge is 2.26. The summed E-state index contributed by atoms with van der Waals surface area (Å²) < 4.78 is 14.6. The number of hydrogen-bond donors (Lipinski definition) is 2. The van der Waals surface area contributed by atoms with E-state index < -0.39 is 0 Å². The lowest BCUT2D eigenvalue weighted by atomic mass is 10.2. The van der Waals surface area contributed by atoms with Crippen LogP contribution in [0.1, 0.15) is 34.8 Å². The minimum absolute atomic E-state index is 0.233. The number of rotatable bonds is 6. The number of halogens is 1. The molecule has 1 aromatic carbocycles. The van der Waals surface area contributed by atoms with E-state index in [1.807, 2.05) is 6.07 Å². The van der Waals surface area contributed by atoms with Gasteiger partial charge in [-0.15, -0.1) is 10.2 Å². The molecule has 0 atom stereocenters. The molecule has 1 amide bonds. The van der Waals surface area contributed by atoms with Crippen LogP contribution in [0.2, 0.25) is 0 Å². The van der Waals surface area contributed by atoms with Gasteiger partial charge in [-0.25, -0.2) is 4.39 Å². The van der Waals surface area contributed by atoms with Gasteiger partial charge in [0.2, 0.25) is 5.65 Å². The van der Waals surface area contributed by atoms with Crippen molar-refractivity contribution in [1.82, 2.24) is 25.1 Å². The zero-order valence-electron chi connectivity index (χ0n) is 13.4.